The van der Waals surface area contributed by atoms with Crippen molar-refractivity contribution in [3.05, 3.63) is 46.0 Å². The van der Waals surface area contributed by atoms with Gasteiger partial charge >= 0.3 is 0 Å². The summed E-state index contributed by atoms with van der Waals surface area (Å²) in [5.74, 6) is 0. The Balaban J connectivity index is 2.47. The van der Waals surface area contributed by atoms with Crippen LogP contribution in [0.5, 0.6) is 0 Å². The highest BCUT2D eigenvalue weighted by Gasteiger charge is 2.20. The highest BCUT2D eigenvalue weighted by molar-refractivity contribution is 9.10. The lowest BCUT2D eigenvalue weighted by Gasteiger charge is -2.15. The van der Waals surface area contributed by atoms with Gasteiger partial charge < -0.3 is 5.11 Å². The second kappa shape index (κ2) is 4.98. The van der Waals surface area contributed by atoms with E-state index in [0.29, 0.717) is 0 Å². The third kappa shape index (κ3) is 2.25. The maximum Gasteiger partial charge on any atom is 0.124 e. The molecule has 0 amide bonds. The molecule has 0 aromatic carbocycles. The molecule has 4 nitrogen and oxygen atoms in total. The number of pyridine rings is 1. The normalized spacial score (nSPS) is 12.7. The standard InChI is InChI=1S/C12H14BrN3O/c1-3-16-11(10(13)7-15-16)12(17)9-5-4-6-14-8(9)2/h4-7,12,17H,3H2,1-2H3. The summed E-state index contributed by atoms with van der Waals surface area (Å²) < 4.78 is 2.59. The lowest BCUT2D eigenvalue weighted by atomic mass is 10.1. The molecule has 0 saturated carbocycles. The van der Waals surface area contributed by atoms with Crippen LogP contribution in [0.3, 0.4) is 0 Å². The fourth-order valence-corrected chi connectivity index (χ4v) is 2.34. The van der Waals surface area contributed by atoms with Gasteiger partial charge in [0.25, 0.3) is 0 Å². The first-order valence-corrected chi connectivity index (χ1v) is 6.25. The van der Waals surface area contributed by atoms with Gasteiger partial charge in [-0.1, -0.05) is 6.07 Å². The Morgan fingerprint density at radius 1 is 1.53 bits per heavy atom. The number of aryl methyl sites for hydroxylation is 2. The lowest BCUT2D eigenvalue weighted by Crippen LogP contribution is -2.11. The number of halogens is 1. The van der Waals surface area contributed by atoms with E-state index in [2.05, 4.69) is 26.0 Å². The molecule has 1 unspecified atom stereocenters. The summed E-state index contributed by atoms with van der Waals surface area (Å²) in [5.41, 5.74) is 2.41. The first kappa shape index (κ1) is 12.3. The van der Waals surface area contributed by atoms with Crippen molar-refractivity contribution in [3.8, 4) is 0 Å². The van der Waals surface area contributed by atoms with Crippen LogP contribution in [0.15, 0.2) is 29.0 Å². The Labute approximate surface area is 108 Å². The fraction of sp³-hybridized carbons (Fsp3) is 0.333. The van der Waals surface area contributed by atoms with Crippen LogP contribution in [0.4, 0.5) is 0 Å². The van der Waals surface area contributed by atoms with Gasteiger partial charge in [0.15, 0.2) is 0 Å². The predicted octanol–water partition coefficient (Wildman–Crippen LogP) is 2.45. The van der Waals surface area contributed by atoms with Gasteiger partial charge in [-0.05, 0) is 35.8 Å². The summed E-state index contributed by atoms with van der Waals surface area (Å²) in [6, 6.07) is 3.71. The van der Waals surface area contributed by atoms with E-state index in [9.17, 15) is 5.11 Å². The molecule has 1 N–H and O–H groups in total. The van der Waals surface area contributed by atoms with Gasteiger partial charge in [-0.3, -0.25) is 9.67 Å². The molecule has 0 radical (unpaired) electrons. The summed E-state index contributed by atoms with van der Waals surface area (Å²) in [6.07, 6.45) is 2.71. The van der Waals surface area contributed by atoms with Crippen LogP contribution in [0.2, 0.25) is 0 Å². The van der Waals surface area contributed by atoms with Gasteiger partial charge in [-0.2, -0.15) is 5.10 Å². The fourth-order valence-electron chi connectivity index (χ4n) is 1.83. The van der Waals surface area contributed by atoms with E-state index in [-0.39, 0.29) is 0 Å². The second-order valence-corrected chi connectivity index (χ2v) is 4.63. The van der Waals surface area contributed by atoms with E-state index in [0.717, 1.165) is 28.0 Å². The molecule has 17 heavy (non-hydrogen) atoms. The molecule has 2 aromatic heterocycles. The van der Waals surface area contributed by atoms with Gasteiger partial charge in [-0.25, -0.2) is 0 Å². The monoisotopic (exact) mass is 295 g/mol. The van der Waals surface area contributed by atoms with Crippen LogP contribution in [0, 0.1) is 6.92 Å². The summed E-state index contributed by atoms with van der Waals surface area (Å²) in [4.78, 5) is 4.19. The first-order chi connectivity index (χ1) is 8.15. The minimum atomic E-state index is -0.708. The molecule has 0 bridgehead atoms. The van der Waals surface area contributed by atoms with Crippen molar-refractivity contribution < 1.29 is 5.11 Å². The summed E-state index contributed by atoms with van der Waals surface area (Å²) in [6.45, 7) is 4.60. The molecular formula is C12H14BrN3O. The zero-order chi connectivity index (χ0) is 12.4. The molecule has 2 heterocycles. The van der Waals surface area contributed by atoms with Gasteiger partial charge in [0.1, 0.15) is 6.10 Å². The van der Waals surface area contributed by atoms with Crippen LogP contribution < -0.4 is 0 Å². The van der Waals surface area contributed by atoms with Gasteiger partial charge in [0, 0.05) is 24.0 Å². The van der Waals surface area contributed by atoms with Crippen LogP contribution >= 0.6 is 15.9 Å². The number of hydrogen-bond acceptors (Lipinski definition) is 3. The van der Waals surface area contributed by atoms with Gasteiger partial charge in [0.05, 0.1) is 16.4 Å². The number of aliphatic hydroxyl groups is 1. The summed E-state index contributed by atoms with van der Waals surface area (Å²) in [7, 11) is 0. The molecule has 2 rings (SSSR count). The molecule has 5 heteroatoms. The first-order valence-electron chi connectivity index (χ1n) is 5.46. The number of hydrogen-bond donors (Lipinski definition) is 1. The molecule has 0 aliphatic carbocycles. The molecule has 0 fully saturated rings. The van der Waals surface area contributed by atoms with Crippen LogP contribution in [0.1, 0.15) is 30.0 Å². The molecule has 2 aromatic rings. The predicted molar refractivity (Wildman–Crippen MR) is 68.6 cm³/mol. The van der Waals surface area contributed by atoms with E-state index in [1.54, 1.807) is 17.1 Å². The quantitative estimate of drug-likeness (QED) is 0.946. The van der Waals surface area contributed by atoms with Crippen molar-refractivity contribution in [3.63, 3.8) is 0 Å². The largest absolute Gasteiger partial charge is 0.382 e. The average molecular weight is 296 g/mol. The third-order valence-corrected chi connectivity index (χ3v) is 3.35. The highest BCUT2D eigenvalue weighted by Crippen LogP contribution is 2.29. The zero-order valence-corrected chi connectivity index (χ0v) is 11.3. The van der Waals surface area contributed by atoms with E-state index in [1.165, 1.54) is 0 Å². The van der Waals surface area contributed by atoms with Gasteiger partial charge in [0.2, 0.25) is 0 Å². The molecule has 0 spiro atoms. The Morgan fingerprint density at radius 3 is 2.94 bits per heavy atom. The third-order valence-electron chi connectivity index (χ3n) is 2.73. The Kier molecular flexibility index (Phi) is 3.59. The maximum atomic E-state index is 10.4. The number of rotatable bonds is 3. The van der Waals surface area contributed by atoms with Crippen molar-refractivity contribution in [1.29, 1.82) is 0 Å². The molecule has 90 valence electrons. The van der Waals surface area contributed by atoms with Crippen LogP contribution in [0.25, 0.3) is 0 Å². The lowest BCUT2D eigenvalue weighted by molar-refractivity contribution is 0.206. The van der Waals surface area contributed by atoms with Crippen molar-refractivity contribution in [2.24, 2.45) is 0 Å². The molecule has 1 atom stereocenters. The van der Waals surface area contributed by atoms with Gasteiger partial charge in [-0.15, -0.1) is 0 Å². The van der Waals surface area contributed by atoms with Crippen molar-refractivity contribution in [1.82, 2.24) is 14.8 Å². The molecule has 0 aliphatic heterocycles. The van der Waals surface area contributed by atoms with Crippen LogP contribution in [-0.2, 0) is 6.54 Å². The van der Waals surface area contributed by atoms with E-state index in [4.69, 9.17) is 0 Å². The van der Waals surface area contributed by atoms with E-state index >= 15 is 0 Å². The summed E-state index contributed by atoms with van der Waals surface area (Å²) >= 11 is 3.42. The number of nitrogens with zero attached hydrogens (tertiary/aromatic N) is 3. The Hall–Kier alpha value is -1.20. The van der Waals surface area contributed by atoms with Crippen molar-refractivity contribution >= 4 is 15.9 Å². The minimum Gasteiger partial charge on any atom is -0.382 e. The Bertz CT molecular complexity index is 524. The van der Waals surface area contributed by atoms with Crippen LogP contribution in [-0.4, -0.2) is 19.9 Å². The van der Waals surface area contributed by atoms with Crippen molar-refractivity contribution in [2.75, 3.05) is 0 Å². The Morgan fingerprint density at radius 2 is 2.29 bits per heavy atom. The maximum absolute atomic E-state index is 10.4. The van der Waals surface area contributed by atoms with E-state index in [1.807, 2.05) is 26.0 Å². The molecule has 0 aliphatic rings. The number of aromatic nitrogens is 3. The molecular weight excluding hydrogens is 282 g/mol. The number of aliphatic hydroxyl groups excluding tert-OH is 1. The minimum absolute atomic E-state index is 0.708. The molecule has 0 saturated heterocycles. The van der Waals surface area contributed by atoms with Crippen molar-refractivity contribution in [2.45, 2.75) is 26.5 Å². The smallest absolute Gasteiger partial charge is 0.124 e. The van der Waals surface area contributed by atoms with E-state index < -0.39 is 6.10 Å². The second-order valence-electron chi connectivity index (χ2n) is 3.77. The zero-order valence-electron chi connectivity index (χ0n) is 9.76. The summed E-state index contributed by atoms with van der Waals surface area (Å²) in [5, 5.41) is 14.6. The highest BCUT2D eigenvalue weighted by atomic mass is 79.9. The average Bonchev–Trinajstić information content (AvgIpc) is 2.70. The SMILES string of the molecule is CCn1ncc(Br)c1C(O)c1cccnc1C. The topological polar surface area (TPSA) is 50.9 Å².